The van der Waals surface area contributed by atoms with Crippen molar-refractivity contribution in [2.45, 2.75) is 25.8 Å². The first kappa shape index (κ1) is 10.3. The molecule has 1 saturated carbocycles. The van der Waals surface area contributed by atoms with E-state index < -0.39 is 0 Å². The van der Waals surface area contributed by atoms with Crippen LogP contribution in [0.1, 0.15) is 29.4 Å². The molecule has 5 heteroatoms. The summed E-state index contributed by atoms with van der Waals surface area (Å²) in [7, 11) is 0. The molecule has 1 heterocycles. The van der Waals surface area contributed by atoms with Crippen molar-refractivity contribution in [1.82, 2.24) is 5.32 Å². The second-order valence-corrected chi connectivity index (χ2v) is 4.73. The van der Waals surface area contributed by atoms with Gasteiger partial charge in [-0.15, -0.1) is 11.3 Å². The number of amides is 1. The average molecular weight is 225 g/mol. The number of nitrogen functional groups attached to an aromatic ring is 1. The van der Waals surface area contributed by atoms with Crippen LogP contribution >= 0.6 is 11.3 Å². The van der Waals surface area contributed by atoms with E-state index in [1.807, 2.05) is 13.0 Å². The highest BCUT2D eigenvalue weighted by Crippen LogP contribution is 2.33. The van der Waals surface area contributed by atoms with Gasteiger partial charge in [-0.1, -0.05) is 0 Å². The van der Waals surface area contributed by atoms with Gasteiger partial charge in [0, 0.05) is 12.6 Å². The molecule has 0 aliphatic heterocycles. The third-order valence-electron chi connectivity index (χ3n) is 2.23. The molecule has 1 aromatic heterocycles. The van der Waals surface area contributed by atoms with E-state index >= 15 is 0 Å². The molecule has 0 atom stereocenters. The standard InChI is InChI=1S/C10H15N3OS/c1-2-12-10(14)9-7(11)5-8(15-9)13-6-3-4-6/h5-6,13H,2-4,11H2,1H3,(H,12,14). The molecule has 0 spiro atoms. The predicted molar refractivity (Wildman–Crippen MR) is 63.4 cm³/mol. The molecule has 82 valence electrons. The van der Waals surface area contributed by atoms with Gasteiger partial charge in [0.2, 0.25) is 0 Å². The highest BCUT2D eigenvalue weighted by Gasteiger charge is 2.22. The first-order valence-corrected chi connectivity index (χ1v) is 5.96. The van der Waals surface area contributed by atoms with Crippen molar-refractivity contribution in [2.75, 3.05) is 17.6 Å². The maximum absolute atomic E-state index is 11.6. The third kappa shape index (κ3) is 2.41. The van der Waals surface area contributed by atoms with Crippen molar-refractivity contribution in [1.29, 1.82) is 0 Å². The Balaban J connectivity index is 2.09. The van der Waals surface area contributed by atoms with Crippen LogP contribution < -0.4 is 16.4 Å². The van der Waals surface area contributed by atoms with Gasteiger partial charge in [-0.05, 0) is 25.8 Å². The van der Waals surface area contributed by atoms with Crippen LogP contribution in [0, 0.1) is 0 Å². The van der Waals surface area contributed by atoms with Gasteiger partial charge in [0.05, 0.1) is 10.7 Å². The van der Waals surface area contributed by atoms with Crippen molar-refractivity contribution >= 4 is 27.9 Å². The molecular weight excluding hydrogens is 210 g/mol. The van der Waals surface area contributed by atoms with Crippen LogP contribution in [-0.4, -0.2) is 18.5 Å². The van der Waals surface area contributed by atoms with E-state index in [1.54, 1.807) is 0 Å². The molecule has 4 N–H and O–H groups in total. The zero-order chi connectivity index (χ0) is 10.8. The van der Waals surface area contributed by atoms with Gasteiger partial charge < -0.3 is 16.4 Å². The lowest BCUT2D eigenvalue weighted by Crippen LogP contribution is -2.22. The minimum Gasteiger partial charge on any atom is -0.397 e. The first-order chi connectivity index (χ1) is 7.20. The molecule has 15 heavy (non-hydrogen) atoms. The first-order valence-electron chi connectivity index (χ1n) is 5.14. The predicted octanol–water partition coefficient (Wildman–Crippen LogP) is 1.65. The lowest BCUT2D eigenvalue weighted by atomic mass is 10.3. The van der Waals surface area contributed by atoms with Gasteiger partial charge in [0.1, 0.15) is 4.88 Å². The summed E-state index contributed by atoms with van der Waals surface area (Å²) in [5.74, 6) is -0.0798. The van der Waals surface area contributed by atoms with Gasteiger partial charge in [0.25, 0.3) is 5.91 Å². The summed E-state index contributed by atoms with van der Waals surface area (Å²) in [4.78, 5) is 12.2. The lowest BCUT2D eigenvalue weighted by molar-refractivity contribution is 0.0960. The fourth-order valence-corrected chi connectivity index (χ4v) is 2.30. The van der Waals surface area contributed by atoms with Crippen LogP contribution in [0.25, 0.3) is 0 Å². The van der Waals surface area contributed by atoms with Crippen LogP contribution in [0.4, 0.5) is 10.7 Å². The summed E-state index contributed by atoms with van der Waals surface area (Å²) < 4.78 is 0. The van der Waals surface area contributed by atoms with Crippen molar-refractivity contribution in [3.05, 3.63) is 10.9 Å². The van der Waals surface area contributed by atoms with E-state index in [9.17, 15) is 4.79 Å². The fourth-order valence-electron chi connectivity index (χ4n) is 1.32. The molecule has 4 nitrogen and oxygen atoms in total. The smallest absolute Gasteiger partial charge is 0.263 e. The molecule has 1 fully saturated rings. The molecule has 1 amide bonds. The van der Waals surface area contributed by atoms with Crippen molar-refractivity contribution in [3.63, 3.8) is 0 Å². The largest absolute Gasteiger partial charge is 0.397 e. The summed E-state index contributed by atoms with van der Waals surface area (Å²) in [5, 5.41) is 7.08. The number of carbonyl (C=O) groups is 1. The van der Waals surface area contributed by atoms with E-state index in [4.69, 9.17) is 5.73 Å². The number of nitrogens with one attached hydrogen (secondary N) is 2. The molecule has 2 rings (SSSR count). The topological polar surface area (TPSA) is 67.2 Å². The van der Waals surface area contributed by atoms with E-state index in [0.717, 1.165) is 5.00 Å². The Morgan fingerprint density at radius 3 is 3.00 bits per heavy atom. The number of thiophene rings is 1. The molecule has 0 unspecified atom stereocenters. The zero-order valence-corrected chi connectivity index (χ0v) is 9.49. The molecule has 1 aromatic rings. The maximum atomic E-state index is 11.6. The molecule has 1 aliphatic rings. The number of hydrogen-bond donors (Lipinski definition) is 3. The van der Waals surface area contributed by atoms with Crippen molar-refractivity contribution < 1.29 is 4.79 Å². The van der Waals surface area contributed by atoms with Gasteiger partial charge in [0.15, 0.2) is 0 Å². The summed E-state index contributed by atoms with van der Waals surface area (Å²) in [6, 6.07) is 2.43. The van der Waals surface area contributed by atoms with Crippen molar-refractivity contribution in [2.24, 2.45) is 0 Å². The second kappa shape index (κ2) is 4.10. The van der Waals surface area contributed by atoms with Gasteiger partial charge in [-0.3, -0.25) is 4.79 Å². The molecular formula is C10H15N3OS. The molecule has 0 aromatic carbocycles. The van der Waals surface area contributed by atoms with E-state index in [1.165, 1.54) is 24.2 Å². The summed E-state index contributed by atoms with van der Waals surface area (Å²) >= 11 is 1.43. The van der Waals surface area contributed by atoms with Crippen LogP contribution in [0.15, 0.2) is 6.07 Å². The summed E-state index contributed by atoms with van der Waals surface area (Å²) in [5.41, 5.74) is 6.34. The number of nitrogens with two attached hydrogens (primary N) is 1. The van der Waals surface area contributed by atoms with Crippen LogP contribution in [0.5, 0.6) is 0 Å². The quantitative estimate of drug-likeness (QED) is 0.730. The highest BCUT2D eigenvalue weighted by molar-refractivity contribution is 7.18. The lowest BCUT2D eigenvalue weighted by Gasteiger charge is -1.99. The normalized spacial score (nSPS) is 15.0. The summed E-state index contributed by atoms with van der Waals surface area (Å²) in [6.45, 7) is 2.52. The Hall–Kier alpha value is -1.23. The highest BCUT2D eigenvalue weighted by atomic mass is 32.1. The Kier molecular flexibility index (Phi) is 2.81. The van der Waals surface area contributed by atoms with Gasteiger partial charge in [-0.25, -0.2) is 0 Å². The number of hydrogen-bond acceptors (Lipinski definition) is 4. The van der Waals surface area contributed by atoms with Crippen LogP contribution in [-0.2, 0) is 0 Å². The Bertz CT molecular complexity index is 371. The number of carbonyl (C=O) groups excluding carboxylic acids is 1. The molecule has 0 bridgehead atoms. The van der Waals surface area contributed by atoms with E-state index in [-0.39, 0.29) is 5.91 Å². The van der Waals surface area contributed by atoms with E-state index in [2.05, 4.69) is 10.6 Å². The SMILES string of the molecule is CCNC(=O)c1sc(NC2CC2)cc1N. The fraction of sp³-hybridized carbons (Fsp3) is 0.500. The summed E-state index contributed by atoms with van der Waals surface area (Å²) in [6.07, 6.45) is 2.43. The molecule has 1 aliphatic carbocycles. The number of anilines is 2. The molecule has 0 radical (unpaired) electrons. The minimum absolute atomic E-state index is 0.0798. The Morgan fingerprint density at radius 2 is 2.40 bits per heavy atom. The van der Waals surface area contributed by atoms with E-state index in [0.29, 0.717) is 23.2 Å². The minimum atomic E-state index is -0.0798. The average Bonchev–Trinajstić information content (AvgIpc) is 2.90. The van der Waals surface area contributed by atoms with Gasteiger partial charge in [-0.2, -0.15) is 0 Å². The van der Waals surface area contributed by atoms with Crippen LogP contribution in [0.3, 0.4) is 0 Å². The maximum Gasteiger partial charge on any atom is 0.263 e. The Morgan fingerprint density at radius 1 is 1.67 bits per heavy atom. The van der Waals surface area contributed by atoms with Crippen LogP contribution in [0.2, 0.25) is 0 Å². The van der Waals surface area contributed by atoms with Crippen molar-refractivity contribution in [3.8, 4) is 0 Å². The monoisotopic (exact) mass is 225 g/mol. The third-order valence-corrected chi connectivity index (χ3v) is 3.31. The Labute approximate surface area is 92.9 Å². The molecule has 0 saturated heterocycles. The second-order valence-electron chi connectivity index (χ2n) is 3.67. The zero-order valence-electron chi connectivity index (χ0n) is 8.67. The number of rotatable bonds is 4. The van der Waals surface area contributed by atoms with Gasteiger partial charge >= 0.3 is 0 Å².